The van der Waals surface area contributed by atoms with Gasteiger partial charge in [0.05, 0.1) is 0 Å². The molecule has 27 heavy (non-hydrogen) atoms. The molecule has 1 atom stereocenters. The lowest BCUT2D eigenvalue weighted by Crippen LogP contribution is -2.36. The van der Waals surface area contributed by atoms with Crippen molar-refractivity contribution in [2.75, 3.05) is 30.5 Å². The van der Waals surface area contributed by atoms with Crippen LogP contribution >= 0.6 is 0 Å². The number of nitrogens with one attached hydrogen (secondary N) is 1. The zero-order valence-corrected chi connectivity index (χ0v) is 16.4. The minimum atomic E-state index is -4.19. The van der Waals surface area contributed by atoms with E-state index in [1.807, 2.05) is 0 Å². The summed E-state index contributed by atoms with van der Waals surface area (Å²) in [6, 6.07) is 2.82. The van der Waals surface area contributed by atoms with Crippen LogP contribution in [0, 0.1) is 11.7 Å². The van der Waals surface area contributed by atoms with Gasteiger partial charge < -0.3 is 10.0 Å². The molecule has 2 fully saturated rings. The molecule has 2 aliphatic rings. The molecule has 0 spiro atoms. The standard InChI is InChI=1S/C18H26FN3O4S/c1-12(2)7-9-21-8-3-4-13(10-21)14-5-6-15(23)18(17(14)19)22-11-16(24)20-27(22,25)26/h5-6,12-13,23H,3-4,7-11H2,1-2H3,(H,20,24). The molecule has 2 heterocycles. The molecule has 1 aromatic rings. The third-order valence-corrected chi connectivity index (χ3v) is 6.54. The number of aromatic hydroxyl groups is 1. The van der Waals surface area contributed by atoms with Crippen LogP contribution in [0.3, 0.4) is 0 Å². The Morgan fingerprint density at radius 3 is 2.74 bits per heavy atom. The third-order valence-electron chi connectivity index (χ3n) is 5.16. The SMILES string of the molecule is CC(C)CCN1CCCC(c2ccc(O)c(N3CC(=O)NS3(=O)=O)c2F)C1. The zero-order chi connectivity index (χ0) is 19.8. The number of carbonyl (C=O) groups is 1. The van der Waals surface area contributed by atoms with E-state index in [0.29, 0.717) is 22.3 Å². The first-order valence-corrected chi connectivity index (χ1v) is 10.7. The molecule has 0 aliphatic carbocycles. The van der Waals surface area contributed by atoms with Crippen LogP contribution < -0.4 is 9.03 Å². The summed E-state index contributed by atoms with van der Waals surface area (Å²) in [5.74, 6) is -1.52. The van der Waals surface area contributed by atoms with E-state index in [9.17, 15) is 18.3 Å². The van der Waals surface area contributed by atoms with Crippen molar-refractivity contribution in [1.82, 2.24) is 9.62 Å². The lowest BCUT2D eigenvalue weighted by molar-refractivity contribution is -0.117. The van der Waals surface area contributed by atoms with Crippen LogP contribution in [0.1, 0.15) is 44.6 Å². The highest BCUT2D eigenvalue weighted by molar-refractivity contribution is 7.92. The largest absolute Gasteiger partial charge is 0.506 e. The van der Waals surface area contributed by atoms with Gasteiger partial charge in [0.1, 0.15) is 18.0 Å². The van der Waals surface area contributed by atoms with Crippen LogP contribution in [0.15, 0.2) is 12.1 Å². The van der Waals surface area contributed by atoms with Gasteiger partial charge in [-0.1, -0.05) is 19.9 Å². The van der Waals surface area contributed by atoms with Gasteiger partial charge in [-0.05, 0) is 55.8 Å². The van der Waals surface area contributed by atoms with Crippen LogP contribution in [0.2, 0.25) is 0 Å². The van der Waals surface area contributed by atoms with Gasteiger partial charge in [0.2, 0.25) is 0 Å². The van der Waals surface area contributed by atoms with E-state index in [0.717, 1.165) is 32.4 Å². The Hall–Kier alpha value is -1.87. The Bertz CT molecular complexity index is 828. The van der Waals surface area contributed by atoms with Gasteiger partial charge in [-0.3, -0.25) is 4.79 Å². The number of phenolic OH excluding ortho intramolecular Hbond substituents is 1. The van der Waals surface area contributed by atoms with Crippen molar-refractivity contribution in [2.45, 2.75) is 39.0 Å². The second kappa shape index (κ2) is 7.63. The van der Waals surface area contributed by atoms with Gasteiger partial charge in [0.15, 0.2) is 5.82 Å². The van der Waals surface area contributed by atoms with Crippen LogP contribution in [0.5, 0.6) is 5.75 Å². The minimum absolute atomic E-state index is 0.0840. The Balaban J connectivity index is 1.88. The molecular formula is C18H26FN3O4S. The predicted molar refractivity (Wildman–Crippen MR) is 100 cm³/mol. The molecule has 1 amide bonds. The van der Waals surface area contributed by atoms with Gasteiger partial charge in [-0.25, -0.2) is 13.4 Å². The number of amides is 1. The number of carbonyl (C=O) groups excluding carboxylic acids is 1. The molecule has 2 saturated heterocycles. The maximum Gasteiger partial charge on any atom is 0.326 e. The first-order chi connectivity index (χ1) is 12.7. The van der Waals surface area contributed by atoms with E-state index in [1.165, 1.54) is 12.1 Å². The smallest absolute Gasteiger partial charge is 0.326 e. The van der Waals surface area contributed by atoms with Crippen molar-refractivity contribution in [3.8, 4) is 5.75 Å². The van der Waals surface area contributed by atoms with Gasteiger partial charge in [-0.15, -0.1) is 0 Å². The van der Waals surface area contributed by atoms with Crippen molar-refractivity contribution >= 4 is 21.8 Å². The van der Waals surface area contributed by atoms with Crippen molar-refractivity contribution in [1.29, 1.82) is 0 Å². The van der Waals surface area contributed by atoms with Crippen molar-refractivity contribution in [2.24, 2.45) is 5.92 Å². The molecule has 150 valence electrons. The minimum Gasteiger partial charge on any atom is -0.506 e. The number of benzene rings is 1. The third kappa shape index (κ3) is 4.19. The van der Waals surface area contributed by atoms with E-state index in [4.69, 9.17) is 0 Å². The summed E-state index contributed by atoms with van der Waals surface area (Å²) in [7, 11) is -4.19. The average molecular weight is 399 g/mol. The highest BCUT2D eigenvalue weighted by Gasteiger charge is 2.38. The van der Waals surface area contributed by atoms with Gasteiger partial charge in [0.25, 0.3) is 5.91 Å². The lowest BCUT2D eigenvalue weighted by Gasteiger charge is -2.34. The highest BCUT2D eigenvalue weighted by Crippen LogP contribution is 2.39. The summed E-state index contributed by atoms with van der Waals surface area (Å²) in [5, 5.41) is 10.1. The summed E-state index contributed by atoms with van der Waals surface area (Å²) in [5.41, 5.74) is -0.0725. The van der Waals surface area contributed by atoms with Gasteiger partial charge >= 0.3 is 10.2 Å². The van der Waals surface area contributed by atoms with Crippen molar-refractivity contribution < 1.29 is 22.7 Å². The number of hydrogen-bond donors (Lipinski definition) is 2. The van der Waals surface area contributed by atoms with Gasteiger partial charge in [0, 0.05) is 6.54 Å². The van der Waals surface area contributed by atoms with Crippen LogP contribution in [0.25, 0.3) is 0 Å². The molecular weight excluding hydrogens is 373 g/mol. The van der Waals surface area contributed by atoms with Crippen molar-refractivity contribution in [3.05, 3.63) is 23.5 Å². The summed E-state index contributed by atoms with van der Waals surface area (Å²) in [6.07, 6.45) is 2.79. The Kier molecular flexibility index (Phi) is 5.62. The predicted octanol–water partition coefficient (Wildman–Crippen LogP) is 1.94. The van der Waals surface area contributed by atoms with Crippen molar-refractivity contribution in [3.63, 3.8) is 0 Å². The normalized spacial score (nSPS) is 23.0. The zero-order valence-electron chi connectivity index (χ0n) is 15.6. The van der Waals surface area contributed by atoms with E-state index in [1.54, 1.807) is 4.72 Å². The highest BCUT2D eigenvalue weighted by atomic mass is 32.2. The van der Waals surface area contributed by atoms with E-state index >= 15 is 4.39 Å². The summed E-state index contributed by atoms with van der Waals surface area (Å²) in [4.78, 5) is 13.8. The number of anilines is 1. The fourth-order valence-corrected chi connectivity index (χ4v) is 4.89. The van der Waals surface area contributed by atoms with Crippen LogP contribution in [0.4, 0.5) is 10.1 Å². The monoisotopic (exact) mass is 399 g/mol. The molecule has 1 aromatic carbocycles. The first-order valence-electron chi connectivity index (χ1n) is 9.26. The second-order valence-electron chi connectivity index (χ2n) is 7.70. The molecule has 9 heteroatoms. The summed E-state index contributed by atoms with van der Waals surface area (Å²) in [6.45, 7) is 6.39. The molecule has 2 aliphatic heterocycles. The van der Waals surface area contributed by atoms with Crippen LogP contribution in [-0.2, 0) is 15.0 Å². The van der Waals surface area contributed by atoms with Gasteiger partial charge in [-0.2, -0.15) is 8.42 Å². The maximum absolute atomic E-state index is 15.3. The fraction of sp³-hybridized carbons (Fsp3) is 0.611. The number of piperidine rings is 1. The molecule has 0 aromatic heterocycles. The number of likely N-dealkylation sites (tertiary alicyclic amines) is 1. The number of hydrogen-bond acceptors (Lipinski definition) is 5. The van der Waals surface area contributed by atoms with Crippen LogP contribution in [-0.4, -0.2) is 50.5 Å². The molecule has 2 N–H and O–H groups in total. The van der Waals surface area contributed by atoms with E-state index in [2.05, 4.69) is 18.7 Å². The number of rotatable bonds is 5. The van der Waals surface area contributed by atoms with E-state index in [-0.39, 0.29) is 5.92 Å². The number of phenols is 1. The molecule has 0 bridgehead atoms. The number of halogens is 1. The Morgan fingerprint density at radius 2 is 2.11 bits per heavy atom. The molecule has 7 nitrogen and oxygen atoms in total. The summed E-state index contributed by atoms with van der Waals surface area (Å²) >= 11 is 0. The second-order valence-corrected chi connectivity index (χ2v) is 9.29. The summed E-state index contributed by atoms with van der Waals surface area (Å²) < 4.78 is 41.8. The molecule has 0 saturated carbocycles. The van der Waals surface area contributed by atoms with E-state index < -0.39 is 39.9 Å². The average Bonchev–Trinajstić information content (AvgIpc) is 2.85. The molecule has 3 rings (SSSR count). The first kappa shape index (κ1) is 19.9. The lowest BCUT2D eigenvalue weighted by atomic mass is 9.89. The maximum atomic E-state index is 15.3. The molecule has 0 radical (unpaired) electrons. The fourth-order valence-electron chi connectivity index (χ4n) is 3.72. The topological polar surface area (TPSA) is 89.9 Å². The Labute approximate surface area is 159 Å². The molecule has 1 unspecified atom stereocenters. The number of nitrogens with zero attached hydrogens (tertiary/aromatic N) is 2. The quantitative estimate of drug-likeness (QED) is 0.790. The Morgan fingerprint density at radius 1 is 1.37 bits per heavy atom.